The monoisotopic (exact) mass is 800 g/mol. The lowest BCUT2D eigenvalue weighted by atomic mass is 9.74. The summed E-state index contributed by atoms with van der Waals surface area (Å²) in [5.41, 5.74) is -5.89. The lowest BCUT2D eigenvalue weighted by molar-refractivity contribution is -0.184. The molecule has 6 rings (SSSR count). The fraction of sp³-hybridized carbons (Fsp3) is 0.250. The summed E-state index contributed by atoms with van der Waals surface area (Å²) in [6.45, 7) is 0. The zero-order valence-electron chi connectivity index (χ0n) is 28.6. The Bertz CT molecular complexity index is 2310. The van der Waals surface area contributed by atoms with Gasteiger partial charge in [-0.05, 0) is 18.2 Å². The van der Waals surface area contributed by atoms with Crippen molar-refractivity contribution in [2.24, 2.45) is 5.92 Å². The Hall–Kier alpha value is -7.23. The number of phenolic OH excluding ortho intramolecular Hbond substituents is 11. The molecule has 57 heavy (non-hydrogen) atoms. The maximum atomic E-state index is 13.5. The van der Waals surface area contributed by atoms with E-state index >= 15 is 0 Å². The number of aromatic hydroxyl groups is 11. The van der Waals surface area contributed by atoms with Crippen LogP contribution in [0.25, 0.3) is 11.1 Å². The van der Waals surface area contributed by atoms with E-state index in [2.05, 4.69) is 0 Å². The largest absolute Gasteiger partial charge is 0.508 e. The number of carboxylic acids is 1. The second-order valence-corrected chi connectivity index (χ2v) is 13.3. The first-order valence-corrected chi connectivity index (χ1v) is 16.4. The van der Waals surface area contributed by atoms with Crippen molar-refractivity contribution < 1.29 is 105 Å². The second-order valence-electron chi connectivity index (χ2n) is 13.3. The van der Waals surface area contributed by atoms with Crippen LogP contribution in [0.3, 0.4) is 0 Å². The number of phenols is 11. The Morgan fingerprint density at radius 2 is 1.26 bits per heavy atom. The van der Waals surface area contributed by atoms with Crippen molar-refractivity contribution in [3.05, 3.63) is 53.1 Å². The molecule has 21 heteroatoms. The molecule has 1 saturated carbocycles. The molecule has 0 aromatic heterocycles. The summed E-state index contributed by atoms with van der Waals surface area (Å²) in [7, 11) is 0. The first-order valence-electron chi connectivity index (χ1n) is 16.4. The molecule has 1 fully saturated rings. The fourth-order valence-corrected chi connectivity index (χ4v) is 6.72. The molecule has 0 amide bonds. The van der Waals surface area contributed by atoms with E-state index in [1.807, 2.05) is 0 Å². The molecule has 15 N–H and O–H groups in total. The van der Waals surface area contributed by atoms with Crippen molar-refractivity contribution in [3.8, 4) is 85.9 Å². The SMILES string of the molecule is O=C(OC1Cc2c(O)cc(O)cc2OC1c1cc(O)c(O)c(O)c1-c1c(OC(=O)C2CC(O)(C(=O)O)CC(O)C2O)cc(O)c(O)c1O)c1cc(O)c(O)c(O)c1. The van der Waals surface area contributed by atoms with E-state index in [0.29, 0.717) is 24.3 Å². The van der Waals surface area contributed by atoms with E-state index in [0.717, 1.165) is 12.1 Å². The molecule has 0 radical (unpaired) electrons. The lowest BCUT2D eigenvalue weighted by Gasteiger charge is -2.38. The minimum absolute atomic E-state index is 0.0960. The maximum Gasteiger partial charge on any atom is 0.338 e. The zero-order valence-corrected chi connectivity index (χ0v) is 28.6. The summed E-state index contributed by atoms with van der Waals surface area (Å²) in [6, 6.07) is 4.48. The van der Waals surface area contributed by atoms with Gasteiger partial charge in [0.15, 0.2) is 52.0 Å². The molecule has 302 valence electrons. The molecule has 4 aromatic rings. The van der Waals surface area contributed by atoms with Crippen molar-refractivity contribution in [3.63, 3.8) is 0 Å². The lowest BCUT2D eigenvalue weighted by Crippen LogP contribution is -2.56. The van der Waals surface area contributed by atoms with E-state index in [1.54, 1.807) is 0 Å². The molecule has 1 aliphatic heterocycles. The molecule has 1 aliphatic carbocycles. The van der Waals surface area contributed by atoms with Gasteiger partial charge < -0.3 is 90.8 Å². The summed E-state index contributed by atoms with van der Waals surface area (Å²) >= 11 is 0. The molecular weight excluding hydrogens is 768 g/mol. The molecule has 0 bridgehead atoms. The first-order chi connectivity index (χ1) is 26.6. The number of aliphatic hydroxyl groups excluding tert-OH is 2. The van der Waals surface area contributed by atoms with E-state index in [-0.39, 0.29) is 11.3 Å². The number of ether oxygens (including phenoxy) is 3. The highest BCUT2D eigenvalue weighted by atomic mass is 16.6. The third-order valence-electron chi connectivity index (χ3n) is 9.61. The Balaban J connectivity index is 1.53. The molecule has 6 unspecified atom stereocenters. The van der Waals surface area contributed by atoms with Gasteiger partial charge in [-0.15, -0.1) is 0 Å². The van der Waals surface area contributed by atoms with E-state index in [9.17, 15) is 91.0 Å². The van der Waals surface area contributed by atoms with Gasteiger partial charge in [-0.3, -0.25) is 4.79 Å². The summed E-state index contributed by atoms with van der Waals surface area (Å²) in [4.78, 5) is 38.7. The van der Waals surface area contributed by atoms with Gasteiger partial charge in [0.05, 0.1) is 29.3 Å². The van der Waals surface area contributed by atoms with E-state index < -0.39 is 164 Å². The third kappa shape index (κ3) is 6.85. The van der Waals surface area contributed by atoms with E-state index in [1.165, 1.54) is 0 Å². The minimum Gasteiger partial charge on any atom is -0.508 e. The first kappa shape index (κ1) is 39.5. The highest BCUT2D eigenvalue weighted by molar-refractivity contribution is 5.93. The summed E-state index contributed by atoms with van der Waals surface area (Å²) in [5, 5.41) is 157. The Morgan fingerprint density at radius 1 is 0.684 bits per heavy atom. The van der Waals surface area contributed by atoms with Crippen molar-refractivity contribution in [2.75, 3.05) is 0 Å². The number of hydrogen-bond donors (Lipinski definition) is 15. The number of carboxylic acid groups (broad SMARTS) is 1. The number of carbonyl (C=O) groups is 3. The second kappa shape index (κ2) is 14.1. The van der Waals surface area contributed by atoms with Crippen molar-refractivity contribution in [1.82, 2.24) is 0 Å². The summed E-state index contributed by atoms with van der Waals surface area (Å²) < 4.78 is 16.9. The molecular formula is C36H32O21. The fourth-order valence-electron chi connectivity index (χ4n) is 6.72. The van der Waals surface area contributed by atoms with Gasteiger partial charge in [0.25, 0.3) is 0 Å². The van der Waals surface area contributed by atoms with Gasteiger partial charge in [-0.2, -0.15) is 0 Å². The van der Waals surface area contributed by atoms with Crippen LogP contribution in [0.5, 0.6) is 74.7 Å². The predicted octanol–water partition coefficient (Wildman–Crippen LogP) is 0.870. The number of esters is 2. The van der Waals surface area contributed by atoms with Crippen LogP contribution in [0.4, 0.5) is 0 Å². The third-order valence-corrected chi connectivity index (χ3v) is 9.61. The maximum absolute atomic E-state index is 13.5. The molecule has 2 aliphatic rings. The molecule has 4 aromatic carbocycles. The molecule has 6 atom stereocenters. The topological polar surface area (TPSA) is 382 Å². The quantitative estimate of drug-likeness (QED) is 0.0700. The van der Waals surface area contributed by atoms with Crippen LogP contribution < -0.4 is 9.47 Å². The standard InChI is InChI=1S/C36H32O21/c37-11-3-15(38)12-6-23(57-33(50)10-1-16(39)27(45)17(40)2-10)32(55-21(12)4-11)13-5-18(41)28(46)30(48)24(13)25-22(7-19(42)29(47)31(25)49)56-34(51)14-8-36(54,35(52)53)9-20(43)26(14)44/h1-5,7,14,20,23,26,32,37-49,54H,6,8-9H2,(H,52,53). The van der Waals surface area contributed by atoms with Crippen LogP contribution in [0, 0.1) is 5.92 Å². The number of carbonyl (C=O) groups excluding carboxylic acids is 2. The van der Waals surface area contributed by atoms with Gasteiger partial charge in [-0.1, -0.05) is 0 Å². The van der Waals surface area contributed by atoms with Crippen LogP contribution in [-0.4, -0.2) is 118 Å². The average Bonchev–Trinajstić information content (AvgIpc) is 3.13. The van der Waals surface area contributed by atoms with Gasteiger partial charge in [0.2, 0.25) is 11.5 Å². The van der Waals surface area contributed by atoms with Gasteiger partial charge in [-0.25, -0.2) is 9.59 Å². The van der Waals surface area contributed by atoms with Crippen LogP contribution in [0.2, 0.25) is 0 Å². The average molecular weight is 801 g/mol. The number of aliphatic hydroxyl groups is 3. The molecule has 1 heterocycles. The van der Waals surface area contributed by atoms with E-state index in [4.69, 9.17) is 14.2 Å². The Labute approximate surface area is 317 Å². The number of rotatable bonds is 7. The summed E-state index contributed by atoms with van der Waals surface area (Å²) in [6.07, 6.45) is -10.1. The van der Waals surface area contributed by atoms with Crippen molar-refractivity contribution >= 4 is 17.9 Å². The smallest absolute Gasteiger partial charge is 0.338 e. The highest BCUT2D eigenvalue weighted by Gasteiger charge is 2.52. The van der Waals surface area contributed by atoms with Crippen molar-refractivity contribution in [1.29, 1.82) is 0 Å². The Morgan fingerprint density at radius 3 is 1.88 bits per heavy atom. The number of hydrogen-bond acceptors (Lipinski definition) is 20. The van der Waals surface area contributed by atoms with Crippen LogP contribution >= 0.6 is 0 Å². The summed E-state index contributed by atoms with van der Waals surface area (Å²) in [5.74, 6) is -19.8. The minimum atomic E-state index is -2.75. The molecule has 0 saturated heterocycles. The highest BCUT2D eigenvalue weighted by Crippen LogP contribution is 2.57. The normalized spacial score (nSPS) is 22.8. The number of fused-ring (bicyclic) bond motifs is 1. The molecule has 0 spiro atoms. The van der Waals surface area contributed by atoms with Crippen LogP contribution in [-0.2, 0) is 20.7 Å². The van der Waals surface area contributed by atoms with Crippen molar-refractivity contribution in [2.45, 2.75) is 49.3 Å². The number of benzene rings is 4. The van der Waals surface area contributed by atoms with Crippen LogP contribution in [0.1, 0.15) is 40.4 Å². The predicted molar refractivity (Wildman–Crippen MR) is 182 cm³/mol. The van der Waals surface area contributed by atoms with Gasteiger partial charge in [0, 0.05) is 54.2 Å². The zero-order chi connectivity index (χ0) is 42.0. The van der Waals surface area contributed by atoms with Gasteiger partial charge >= 0.3 is 17.9 Å². The van der Waals surface area contributed by atoms with Gasteiger partial charge in [0.1, 0.15) is 29.1 Å². The Kier molecular flexibility index (Phi) is 9.78. The van der Waals surface area contributed by atoms with Crippen LogP contribution in [0.15, 0.2) is 36.4 Å². The number of aliphatic carboxylic acids is 1. The molecule has 21 nitrogen and oxygen atoms in total.